The van der Waals surface area contributed by atoms with E-state index < -0.39 is 36.2 Å². The molecule has 6 rings (SSSR count). The van der Waals surface area contributed by atoms with Crippen molar-refractivity contribution in [3.05, 3.63) is 115 Å². The minimum absolute atomic E-state index is 0.109. The van der Waals surface area contributed by atoms with Gasteiger partial charge in [0.05, 0.1) is 17.7 Å². The molecule has 8 heteroatoms. The smallest absolute Gasteiger partial charge is 0.423 e. The van der Waals surface area contributed by atoms with Crippen LogP contribution in [-0.4, -0.2) is 45.7 Å². The molecule has 0 aliphatic carbocycles. The summed E-state index contributed by atoms with van der Waals surface area (Å²) in [5, 5.41) is 2.02. The molecule has 0 N–H and O–H groups in total. The maximum Gasteiger partial charge on any atom is 0.423 e. The van der Waals surface area contributed by atoms with E-state index in [0.29, 0.717) is 11.4 Å². The fourth-order valence-corrected chi connectivity index (χ4v) is 4.86. The van der Waals surface area contributed by atoms with E-state index in [2.05, 4.69) is 4.98 Å². The van der Waals surface area contributed by atoms with Crippen LogP contribution in [0.25, 0.3) is 16.8 Å². The van der Waals surface area contributed by atoms with E-state index in [4.69, 9.17) is 9.47 Å². The Labute approximate surface area is 218 Å². The van der Waals surface area contributed by atoms with Crippen LogP contribution in [0.1, 0.15) is 17.3 Å². The maximum absolute atomic E-state index is 13.3. The van der Waals surface area contributed by atoms with Crippen LogP contribution in [0.3, 0.4) is 0 Å². The zero-order valence-corrected chi connectivity index (χ0v) is 20.2. The van der Waals surface area contributed by atoms with Crippen molar-refractivity contribution >= 4 is 34.9 Å². The molecule has 1 unspecified atom stereocenters. The number of fused-ring (bicyclic) bond motifs is 1. The lowest BCUT2D eigenvalue weighted by atomic mass is 9.90. The Morgan fingerprint density at radius 2 is 1.61 bits per heavy atom. The largest absolute Gasteiger partial charge is 0.447 e. The molecule has 3 atom stereocenters. The second-order valence-electron chi connectivity index (χ2n) is 9.05. The first kappa shape index (κ1) is 23.4. The molecule has 188 valence electrons. The molecule has 1 aromatic heterocycles. The van der Waals surface area contributed by atoms with Gasteiger partial charge in [0.15, 0.2) is 0 Å². The van der Waals surface area contributed by atoms with Gasteiger partial charge in [0, 0.05) is 11.6 Å². The molecule has 8 nitrogen and oxygen atoms in total. The quantitative estimate of drug-likeness (QED) is 0.336. The Balaban J connectivity index is 1.33. The minimum atomic E-state index is -0.921. The third-order valence-corrected chi connectivity index (χ3v) is 6.76. The van der Waals surface area contributed by atoms with Crippen molar-refractivity contribution in [2.75, 3.05) is 6.61 Å². The summed E-state index contributed by atoms with van der Waals surface area (Å²) in [4.78, 5) is 46.3. The third kappa shape index (κ3) is 4.26. The number of imide groups is 1. The van der Waals surface area contributed by atoms with Crippen molar-refractivity contribution < 1.29 is 23.9 Å². The summed E-state index contributed by atoms with van der Waals surface area (Å²) in [6, 6.07) is 27.2. The summed E-state index contributed by atoms with van der Waals surface area (Å²) >= 11 is 0. The Morgan fingerprint density at radius 1 is 0.921 bits per heavy atom. The number of rotatable bonds is 5. The van der Waals surface area contributed by atoms with Crippen molar-refractivity contribution in [3.63, 3.8) is 0 Å². The number of ether oxygens (including phenoxy) is 2. The molecule has 0 bridgehead atoms. The fraction of sp³-hybridized carbons (Fsp3) is 0.133. The number of hydrogen-bond donors (Lipinski definition) is 0. The molecule has 0 saturated carbocycles. The first-order valence-electron chi connectivity index (χ1n) is 12.2. The van der Waals surface area contributed by atoms with E-state index in [1.54, 1.807) is 48.7 Å². The summed E-state index contributed by atoms with van der Waals surface area (Å²) in [5.74, 6) is -0.963. The van der Waals surface area contributed by atoms with Crippen LogP contribution < -0.4 is 4.74 Å². The number of amides is 3. The molecular formula is C30H23N3O5. The van der Waals surface area contributed by atoms with Gasteiger partial charge in [-0.25, -0.2) is 14.5 Å². The van der Waals surface area contributed by atoms with E-state index >= 15 is 0 Å². The van der Waals surface area contributed by atoms with Gasteiger partial charge in [-0.2, -0.15) is 0 Å². The molecule has 3 heterocycles. The number of cyclic esters (lactones) is 1. The van der Waals surface area contributed by atoms with Crippen molar-refractivity contribution in [1.29, 1.82) is 0 Å². The van der Waals surface area contributed by atoms with Crippen LogP contribution in [0, 0.1) is 5.92 Å². The summed E-state index contributed by atoms with van der Waals surface area (Å²) in [6.45, 7) is 0.109. The third-order valence-electron chi connectivity index (χ3n) is 6.76. The number of hydrogen-bond acceptors (Lipinski definition) is 6. The van der Waals surface area contributed by atoms with Crippen LogP contribution in [-0.2, 0) is 9.53 Å². The Hall–Kier alpha value is -4.98. The highest BCUT2D eigenvalue weighted by atomic mass is 16.6. The van der Waals surface area contributed by atoms with E-state index in [1.807, 2.05) is 60.7 Å². The zero-order chi connectivity index (χ0) is 26.1. The Morgan fingerprint density at radius 3 is 2.37 bits per heavy atom. The van der Waals surface area contributed by atoms with Gasteiger partial charge in [0.2, 0.25) is 5.91 Å². The second kappa shape index (κ2) is 9.82. The number of para-hydroxylation sites is 1. The molecule has 2 saturated heterocycles. The molecule has 0 spiro atoms. The fourth-order valence-electron chi connectivity index (χ4n) is 4.86. The summed E-state index contributed by atoms with van der Waals surface area (Å²) < 4.78 is 10.9. The highest BCUT2D eigenvalue weighted by Gasteiger charge is 2.58. The lowest BCUT2D eigenvalue weighted by Crippen LogP contribution is -2.69. The number of pyridine rings is 1. The topological polar surface area (TPSA) is 89.0 Å². The van der Waals surface area contributed by atoms with Gasteiger partial charge >= 0.3 is 12.2 Å². The lowest BCUT2D eigenvalue weighted by molar-refractivity contribution is -0.157. The Bertz CT molecular complexity index is 1540. The van der Waals surface area contributed by atoms with Crippen LogP contribution in [0.2, 0.25) is 0 Å². The summed E-state index contributed by atoms with van der Waals surface area (Å²) in [6.07, 6.45) is 2.81. The molecular weight excluding hydrogens is 482 g/mol. The van der Waals surface area contributed by atoms with E-state index in [-0.39, 0.29) is 6.61 Å². The number of carbonyl (C=O) groups is 3. The van der Waals surface area contributed by atoms with Crippen LogP contribution in [0.15, 0.2) is 103 Å². The monoisotopic (exact) mass is 505 g/mol. The van der Waals surface area contributed by atoms with Gasteiger partial charge in [-0.3, -0.25) is 14.7 Å². The first-order chi connectivity index (χ1) is 18.6. The van der Waals surface area contributed by atoms with Crippen LogP contribution in [0.5, 0.6) is 5.75 Å². The molecule has 2 aliphatic rings. The normalized spacial score (nSPS) is 21.0. The molecule has 4 aromatic rings. The van der Waals surface area contributed by atoms with E-state index in [9.17, 15) is 14.4 Å². The summed E-state index contributed by atoms with van der Waals surface area (Å²) in [5.41, 5.74) is 1.50. The van der Waals surface area contributed by atoms with Gasteiger partial charge in [-0.05, 0) is 35.2 Å². The van der Waals surface area contributed by atoms with Crippen molar-refractivity contribution in [3.8, 4) is 5.75 Å². The van der Waals surface area contributed by atoms with E-state index in [1.165, 1.54) is 4.90 Å². The lowest BCUT2D eigenvalue weighted by Gasteiger charge is -2.48. The number of nitrogens with zero attached hydrogens (tertiary/aromatic N) is 3. The Kier molecular flexibility index (Phi) is 6.05. The van der Waals surface area contributed by atoms with Crippen molar-refractivity contribution in [2.45, 2.75) is 12.2 Å². The second-order valence-corrected chi connectivity index (χ2v) is 9.05. The van der Waals surface area contributed by atoms with Gasteiger partial charge in [-0.15, -0.1) is 0 Å². The molecule has 38 heavy (non-hydrogen) atoms. The SMILES string of the molecule is O=C(Oc1ccccc1)N1C(=O)[C@H](C=Cc2cc3ccccc3cn2)[C@@H]1N1C(=O)OCC1c1ccccc1. The molecule has 3 amide bonds. The predicted molar refractivity (Wildman–Crippen MR) is 140 cm³/mol. The molecule has 2 fully saturated rings. The standard InChI is InChI=1S/C30H23N3O5/c34-28-25(16-15-23-17-21-11-7-8-12-22(21)18-31-23)27(33(28)30(36)38-24-13-5-2-6-14-24)32-26(19-37-29(32)35)20-9-3-1-4-10-20/h1-18,25-27H,19H2/t25-,26?,27-/m1/s1. The van der Waals surface area contributed by atoms with Gasteiger partial charge in [-0.1, -0.05) is 78.9 Å². The van der Waals surface area contributed by atoms with Gasteiger partial charge in [0.25, 0.3) is 0 Å². The minimum Gasteiger partial charge on any atom is -0.447 e. The molecule has 3 aromatic carbocycles. The zero-order valence-electron chi connectivity index (χ0n) is 20.2. The number of aromatic nitrogens is 1. The number of β-lactam (4-membered cyclic amide) rings is 1. The van der Waals surface area contributed by atoms with Gasteiger partial charge < -0.3 is 9.47 Å². The number of carbonyl (C=O) groups excluding carboxylic acids is 3. The first-order valence-corrected chi connectivity index (χ1v) is 12.2. The van der Waals surface area contributed by atoms with Crippen molar-refractivity contribution in [2.24, 2.45) is 5.92 Å². The maximum atomic E-state index is 13.3. The molecule has 0 radical (unpaired) electrons. The predicted octanol–water partition coefficient (Wildman–Crippen LogP) is 5.43. The average Bonchev–Trinajstić information content (AvgIpc) is 3.32. The number of likely N-dealkylation sites (tertiary alicyclic amines) is 1. The average molecular weight is 506 g/mol. The summed E-state index contributed by atoms with van der Waals surface area (Å²) in [7, 11) is 0. The van der Waals surface area contributed by atoms with Crippen molar-refractivity contribution in [1.82, 2.24) is 14.8 Å². The highest BCUT2D eigenvalue weighted by molar-refractivity contribution is 6.02. The van der Waals surface area contributed by atoms with Crippen LogP contribution >= 0.6 is 0 Å². The molecule has 2 aliphatic heterocycles. The highest BCUT2D eigenvalue weighted by Crippen LogP contribution is 2.40. The number of benzene rings is 3. The van der Waals surface area contributed by atoms with Gasteiger partial charge in [0.1, 0.15) is 18.5 Å². The van der Waals surface area contributed by atoms with Crippen LogP contribution in [0.4, 0.5) is 9.59 Å². The van der Waals surface area contributed by atoms with E-state index in [0.717, 1.165) is 21.2 Å².